The number of aryl methyl sites for hydroxylation is 1. The molecule has 0 bridgehead atoms. The Morgan fingerprint density at radius 1 is 1.38 bits per heavy atom. The smallest absolute Gasteiger partial charge is 0.242 e. The highest BCUT2D eigenvalue weighted by molar-refractivity contribution is 7.89. The number of nitrogens with zero attached hydrogens (tertiary/aromatic N) is 1. The number of benzene rings is 1. The van der Waals surface area contributed by atoms with Crippen molar-refractivity contribution in [2.45, 2.75) is 11.8 Å². The van der Waals surface area contributed by atoms with Gasteiger partial charge in [0.05, 0.1) is 4.90 Å². The minimum Gasteiger partial charge on any atom is -0.389 e. The van der Waals surface area contributed by atoms with Crippen molar-refractivity contribution in [1.82, 2.24) is 4.31 Å². The van der Waals surface area contributed by atoms with Gasteiger partial charge < -0.3 is 5.73 Å². The van der Waals surface area contributed by atoms with Crippen molar-refractivity contribution in [3.8, 4) is 0 Å². The van der Waals surface area contributed by atoms with Crippen molar-refractivity contribution in [2.24, 2.45) is 5.73 Å². The van der Waals surface area contributed by atoms with E-state index in [-0.39, 0.29) is 9.88 Å². The molecular weight excluding hydrogens is 244 g/mol. The lowest BCUT2D eigenvalue weighted by Crippen LogP contribution is -2.23. The van der Waals surface area contributed by atoms with Gasteiger partial charge in [-0.25, -0.2) is 12.7 Å². The van der Waals surface area contributed by atoms with Crippen LogP contribution in [-0.4, -0.2) is 31.8 Å². The fourth-order valence-electron chi connectivity index (χ4n) is 1.29. The molecule has 0 saturated carbocycles. The molecule has 4 nitrogen and oxygen atoms in total. The highest BCUT2D eigenvalue weighted by Crippen LogP contribution is 2.19. The summed E-state index contributed by atoms with van der Waals surface area (Å²) in [6, 6.07) is 4.82. The normalized spacial score (nSPS) is 11.8. The molecule has 88 valence electrons. The third kappa shape index (κ3) is 2.40. The topological polar surface area (TPSA) is 63.4 Å². The summed E-state index contributed by atoms with van der Waals surface area (Å²) in [4.78, 5) is 0.536. The van der Waals surface area contributed by atoms with Crippen molar-refractivity contribution in [3.05, 3.63) is 29.3 Å². The molecule has 0 unspecified atom stereocenters. The van der Waals surface area contributed by atoms with E-state index in [9.17, 15) is 8.42 Å². The standard InChI is InChI=1S/C10H14N2O2S2/c1-7-6-8(10(11)15)4-5-9(7)16(13,14)12(2)3/h4-6H,1-3H3,(H2,11,15). The van der Waals surface area contributed by atoms with Gasteiger partial charge in [-0.3, -0.25) is 0 Å². The fraction of sp³-hybridized carbons (Fsp3) is 0.300. The van der Waals surface area contributed by atoms with Crippen LogP contribution in [0, 0.1) is 6.92 Å². The monoisotopic (exact) mass is 258 g/mol. The molecule has 0 aliphatic rings. The predicted molar refractivity (Wildman–Crippen MR) is 67.9 cm³/mol. The van der Waals surface area contributed by atoms with Gasteiger partial charge >= 0.3 is 0 Å². The quantitative estimate of drug-likeness (QED) is 0.818. The molecule has 1 aromatic rings. The first-order chi connectivity index (χ1) is 7.26. The zero-order valence-electron chi connectivity index (χ0n) is 9.39. The molecular formula is C10H14N2O2S2. The minimum atomic E-state index is -3.40. The predicted octanol–water partition coefficient (Wildman–Crippen LogP) is 0.880. The second-order valence-electron chi connectivity index (χ2n) is 3.63. The van der Waals surface area contributed by atoms with Gasteiger partial charge in [0.15, 0.2) is 0 Å². The molecule has 16 heavy (non-hydrogen) atoms. The molecule has 0 aliphatic carbocycles. The van der Waals surface area contributed by atoms with Crippen molar-refractivity contribution in [1.29, 1.82) is 0 Å². The summed E-state index contributed by atoms with van der Waals surface area (Å²) in [5.74, 6) is 0. The van der Waals surface area contributed by atoms with Gasteiger partial charge in [0.25, 0.3) is 0 Å². The Morgan fingerprint density at radius 3 is 2.31 bits per heavy atom. The Hall–Kier alpha value is -0.980. The summed E-state index contributed by atoms with van der Waals surface area (Å²) in [6.45, 7) is 1.72. The molecule has 0 aliphatic heterocycles. The van der Waals surface area contributed by atoms with Crippen LogP contribution in [0.2, 0.25) is 0 Å². The number of sulfonamides is 1. The first kappa shape index (κ1) is 13.1. The van der Waals surface area contributed by atoms with Crippen LogP contribution in [0.15, 0.2) is 23.1 Å². The zero-order chi connectivity index (χ0) is 12.5. The summed E-state index contributed by atoms with van der Waals surface area (Å²) < 4.78 is 25.0. The van der Waals surface area contributed by atoms with Crippen LogP contribution in [0.5, 0.6) is 0 Å². The number of rotatable bonds is 3. The van der Waals surface area contributed by atoms with Crippen LogP contribution in [0.25, 0.3) is 0 Å². The maximum absolute atomic E-state index is 11.9. The van der Waals surface area contributed by atoms with E-state index in [4.69, 9.17) is 18.0 Å². The fourth-order valence-corrected chi connectivity index (χ4v) is 2.51. The van der Waals surface area contributed by atoms with Gasteiger partial charge in [0, 0.05) is 19.7 Å². The van der Waals surface area contributed by atoms with Gasteiger partial charge in [-0.15, -0.1) is 0 Å². The van der Waals surface area contributed by atoms with Gasteiger partial charge in [-0.2, -0.15) is 0 Å². The van der Waals surface area contributed by atoms with E-state index < -0.39 is 10.0 Å². The third-order valence-electron chi connectivity index (χ3n) is 2.22. The lowest BCUT2D eigenvalue weighted by Gasteiger charge is -2.14. The van der Waals surface area contributed by atoms with Gasteiger partial charge in [0.1, 0.15) is 4.99 Å². The van der Waals surface area contributed by atoms with Crippen LogP contribution < -0.4 is 5.73 Å². The van der Waals surface area contributed by atoms with Crippen LogP contribution in [0.3, 0.4) is 0 Å². The van der Waals surface area contributed by atoms with Gasteiger partial charge in [0.2, 0.25) is 10.0 Å². The van der Waals surface area contributed by atoms with Crippen LogP contribution >= 0.6 is 12.2 Å². The summed E-state index contributed by atoms with van der Waals surface area (Å²) in [6.07, 6.45) is 0. The highest BCUT2D eigenvalue weighted by atomic mass is 32.2. The largest absolute Gasteiger partial charge is 0.389 e. The van der Waals surface area contributed by atoms with Gasteiger partial charge in [-0.05, 0) is 24.6 Å². The lowest BCUT2D eigenvalue weighted by molar-refractivity contribution is 0.520. The zero-order valence-corrected chi connectivity index (χ0v) is 11.0. The Kier molecular flexibility index (Phi) is 3.67. The third-order valence-corrected chi connectivity index (χ3v) is 4.43. The molecule has 0 amide bonds. The molecule has 0 heterocycles. The highest BCUT2D eigenvalue weighted by Gasteiger charge is 2.19. The first-order valence-electron chi connectivity index (χ1n) is 4.60. The minimum absolute atomic E-state index is 0.261. The van der Waals surface area contributed by atoms with Gasteiger partial charge in [-0.1, -0.05) is 18.3 Å². The summed E-state index contributed by atoms with van der Waals surface area (Å²) in [5, 5.41) is 0. The SMILES string of the molecule is Cc1cc(C(N)=S)ccc1S(=O)(=O)N(C)C. The molecule has 2 N–H and O–H groups in total. The Labute approximate surface area is 101 Å². The molecule has 0 radical (unpaired) electrons. The van der Waals surface area contributed by atoms with E-state index in [0.717, 1.165) is 0 Å². The van der Waals surface area contributed by atoms with Crippen molar-refractivity contribution >= 4 is 27.2 Å². The molecule has 0 saturated heterocycles. The first-order valence-corrected chi connectivity index (χ1v) is 6.44. The van der Waals surface area contributed by atoms with E-state index >= 15 is 0 Å². The second kappa shape index (κ2) is 4.48. The Bertz CT molecular complexity index is 522. The molecule has 0 atom stereocenters. The number of thiocarbonyl (C=S) groups is 1. The number of nitrogens with two attached hydrogens (primary N) is 1. The van der Waals surface area contributed by atoms with Crippen LogP contribution in [0.1, 0.15) is 11.1 Å². The molecule has 0 aromatic heterocycles. The molecule has 0 spiro atoms. The summed E-state index contributed by atoms with van der Waals surface area (Å²) >= 11 is 4.83. The van der Waals surface area contributed by atoms with Crippen molar-refractivity contribution < 1.29 is 8.42 Å². The Morgan fingerprint density at radius 2 is 1.94 bits per heavy atom. The average molecular weight is 258 g/mol. The summed E-state index contributed by atoms with van der Waals surface area (Å²) in [7, 11) is -0.408. The van der Waals surface area contributed by atoms with E-state index in [1.54, 1.807) is 19.1 Å². The van der Waals surface area contributed by atoms with E-state index in [1.165, 1.54) is 24.5 Å². The molecule has 6 heteroatoms. The average Bonchev–Trinajstić information content (AvgIpc) is 2.16. The maximum atomic E-state index is 11.9. The lowest BCUT2D eigenvalue weighted by atomic mass is 10.1. The maximum Gasteiger partial charge on any atom is 0.242 e. The van der Waals surface area contributed by atoms with Crippen molar-refractivity contribution in [3.63, 3.8) is 0 Å². The van der Waals surface area contributed by atoms with E-state index in [2.05, 4.69) is 0 Å². The number of hydrogen-bond acceptors (Lipinski definition) is 3. The van der Waals surface area contributed by atoms with Crippen molar-refractivity contribution in [2.75, 3.05) is 14.1 Å². The Balaban J connectivity index is 3.35. The van der Waals surface area contributed by atoms with Crippen LogP contribution in [0.4, 0.5) is 0 Å². The van der Waals surface area contributed by atoms with Crippen LogP contribution in [-0.2, 0) is 10.0 Å². The van der Waals surface area contributed by atoms with E-state index in [1.807, 2.05) is 0 Å². The second-order valence-corrected chi connectivity index (χ2v) is 6.19. The summed E-state index contributed by atoms with van der Waals surface area (Å²) in [5.41, 5.74) is 6.78. The molecule has 1 rings (SSSR count). The number of hydrogen-bond donors (Lipinski definition) is 1. The molecule has 1 aromatic carbocycles. The molecule has 0 fully saturated rings. The van der Waals surface area contributed by atoms with E-state index in [0.29, 0.717) is 11.1 Å².